The summed E-state index contributed by atoms with van der Waals surface area (Å²) in [6.45, 7) is 0. The third-order valence-corrected chi connectivity index (χ3v) is 21.7. The van der Waals surface area contributed by atoms with Gasteiger partial charge in [-0.05, 0) is 134 Å². The predicted octanol–water partition coefficient (Wildman–Crippen LogP) is 4.34. The molecule has 18 aliphatic carbocycles. The van der Waals surface area contributed by atoms with Gasteiger partial charge in [0.1, 0.15) is 0 Å². The normalized spacial score (nSPS) is 102. The molecule has 0 bridgehead atoms. The zero-order chi connectivity index (χ0) is 18.5. The summed E-state index contributed by atoms with van der Waals surface area (Å²) in [5.41, 5.74) is 6.62. The van der Waals surface area contributed by atoms with E-state index in [4.69, 9.17) is 0 Å². The fourth-order valence-electron chi connectivity index (χ4n) is 21.2. The SMILES string of the molecule is IC12C3C4C1C1C2C3C41C12C3C4C1C1C2C3C41C12C3C4C1C1C2C3C41c1ccccc1. The van der Waals surface area contributed by atoms with Crippen molar-refractivity contribution in [1.82, 2.24) is 0 Å². The number of halogens is 1. The van der Waals surface area contributed by atoms with Crippen LogP contribution in [0.2, 0.25) is 0 Å². The molecule has 0 radical (unpaired) electrons. The fraction of sp³-hybridized carbons (Fsp3) is 0.800. The van der Waals surface area contributed by atoms with Crippen molar-refractivity contribution >= 4 is 22.6 Å². The smallest absolute Gasteiger partial charge is 0.0324 e. The van der Waals surface area contributed by atoms with Gasteiger partial charge in [0.15, 0.2) is 0 Å². The maximum absolute atomic E-state index is 2.96. The Bertz CT molecular complexity index is 1270. The Morgan fingerprint density at radius 1 is 0.419 bits per heavy atom. The van der Waals surface area contributed by atoms with Gasteiger partial charge < -0.3 is 0 Å². The van der Waals surface area contributed by atoms with E-state index in [1.165, 1.54) is 107 Å². The van der Waals surface area contributed by atoms with Gasteiger partial charge in [-0.2, -0.15) is 0 Å². The molecule has 0 unspecified atom stereocenters. The summed E-state index contributed by atoms with van der Waals surface area (Å²) < 4.78 is 0.906. The molecule has 1 aromatic carbocycles. The van der Waals surface area contributed by atoms with Crippen LogP contribution >= 0.6 is 22.6 Å². The maximum atomic E-state index is 2.96. The highest BCUT2D eigenvalue weighted by molar-refractivity contribution is 14.1. The highest BCUT2D eigenvalue weighted by atomic mass is 127. The molecular weight excluding hydrogens is 487 g/mol. The number of rotatable bonds is 3. The molecule has 0 aliphatic heterocycles. The Hall–Kier alpha value is -0.0500. The lowest BCUT2D eigenvalue weighted by Gasteiger charge is -3.27. The van der Waals surface area contributed by atoms with E-state index in [-0.39, 0.29) is 0 Å². The van der Waals surface area contributed by atoms with Gasteiger partial charge in [-0.25, -0.2) is 0 Å². The van der Waals surface area contributed by atoms with Crippen LogP contribution in [-0.4, -0.2) is 3.42 Å². The standard InChI is InChI=1S/C30H23I/c31-30-22-19-23(30)21-24(30)20(22)29(19,21)28-16-13-17(28)15-18(28)14(16)27(13,15)26-10-7-11(26)9-12(26)8(10)25(7,9)6-4-2-1-3-5-6/h1-5,7-24H. The molecule has 150 valence electrons. The van der Waals surface area contributed by atoms with E-state index >= 15 is 0 Å². The molecule has 18 saturated carbocycles. The molecule has 18 fully saturated rings. The first-order valence-electron chi connectivity index (χ1n) is 14.0. The van der Waals surface area contributed by atoms with Crippen molar-refractivity contribution in [2.75, 3.05) is 0 Å². The Labute approximate surface area is 194 Å². The van der Waals surface area contributed by atoms with Crippen LogP contribution in [-0.2, 0) is 5.41 Å². The molecule has 0 nitrogen and oxygen atoms in total. The quantitative estimate of drug-likeness (QED) is 0.420. The molecule has 0 aromatic heterocycles. The van der Waals surface area contributed by atoms with Gasteiger partial charge in [-0.15, -0.1) is 0 Å². The summed E-state index contributed by atoms with van der Waals surface area (Å²) in [4.78, 5) is 0. The predicted molar refractivity (Wildman–Crippen MR) is 117 cm³/mol. The second-order valence-corrected chi connectivity index (χ2v) is 18.2. The van der Waals surface area contributed by atoms with E-state index in [9.17, 15) is 0 Å². The minimum Gasteiger partial charge on any atom is -0.0779 e. The van der Waals surface area contributed by atoms with Gasteiger partial charge in [0.2, 0.25) is 0 Å². The number of hydrogen-bond acceptors (Lipinski definition) is 0. The van der Waals surface area contributed by atoms with Gasteiger partial charge in [0, 0.05) is 8.84 Å². The summed E-state index contributed by atoms with van der Waals surface area (Å²) in [5, 5.41) is 0. The number of benzene rings is 1. The topological polar surface area (TPSA) is 0 Å². The Morgan fingerprint density at radius 2 is 0.742 bits per heavy atom. The zero-order valence-electron chi connectivity index (χ0n) is 17.2. The molecule has 0 spiro atoms. The van der Waals surface area contributed by atoms with Crippen molar-refractivity contribution in [3.05, 3.63) is 35.9 Å². The number of hydrogen-bond donors (Lipinski definition) is 0. The summed E-state index contributed by atoms with van der Waals surface area (Å²) in [6.07, 6.45) is 0. The van der Waals surface area contributed by atoms with Crippen molar-refractivity contribution in [2.24, 2.45) is 128 Å². The van der Waals surface area contributed by atoms with E-state index in [0.29, 0.717) is 0 Å². The molecule has 0 N–H and O–H groups in total. The van der Waals surface area contributed by atoms with Crippen LogP contribution in [0.5, 0.6) is 0 Å². The van der Waals surface area contributed by atoms with Crippen LogP contribution in [0.25, 0.3) is 0 Å². The van der Waals surface area contributed by atoms with E-state index in [2.05, 4.69) is 52.9 Å². The molecule has 31 heavy (non-hydrogen) atoms. The summed E-state index contributed by atoms with van der Waals surface area (Å²) in [5.74, 6) is 22.9. The van der Waals surface area contributed by atoms with Crippen LogP contribution < -0.4 is 0 Å². The highest BCUT2D eigenvalue weighted by Crippen LogP contribution is 3.27. The van der Waals surface area contributed by atoms with Crippen LogP contribution in [0.15, 0.2) is 30.3 Å². The first kappa shape index (κ1) is 13.1. The monoisotopic (exact) mass is 510 g/mol. The molecule has 1 heteroatoms. The summed E-state index contributed by atoms with van der Waals surface area (Å²) in [7, 11) is 0. The number of alkyl halides is 1. The Morgan fingerprint density at radius 3 is 1.13 bits per heavy atom. The van der Waals surface area contributed by atoms with Crippen molar-refractivity contribution in [2.45, 2.75) is 8.84 Å². The lowest BCUT2D eigenvalue weighted by atomic mass is 8.77. The first-order valence-corrected chi connectivity index (χ1v) is 15.1. The van der Waals surface area contributed by atoms with Crippen LogP contribution in [0.4, 0.5) is 0 Å². The van der Waals surface area contributed by atoms with Crippen molar-refractivity contribution < 1.29 is 0 Å². The average Bonchev–Trinajstić information content (AvgIpc) is 2.84. The molecule has 0 saturated heterocycles. The van der Waals surface area contributed by atoms with Crippen LogP contribution in [0.1, 0.15) is 5.56 Å². The van der Waals surface area contributed by atoms with Gasteiger partial charge in [0.05, 0.1) is 0 Å². The highest BCUT2D eigenvalue weighted by Gasteiger charge is 3.25. The minimum atomic E-state index is 0.743. The lowest BCUT2D eigenvalue weighted by molar-refractivity contribution is -0.799. The third kappa shape index (κ3) is 0.521. The van der Waals surface area contributed by atoms with Gasteiger partial charge in [-0.3, -0.25) is 0 Å². The Kier molecular flexibility index (Phi) is 1.11. The van der Waals surface area contributed by atoms with Gasteiger partial charge in [0.25, 0.3) is 0 Å². The first-order chi connectivity index (χ1) is 15.3. The second kappa shape index (κ2) is 2.62. The lowest BCUT2D eigenvalue weighted by Crippen LogP contribution is -3.25. The van der Waals surface area contributed by atoms with E-state index in [1.807, 2.05) is 0 Å². The van der Waals surface area contributed by atoms with E-state index in [0.717, 1.165) is 30.5 Å². The molecule has 18 aliphatic rings. The van der Waals surface area contributed by atoms with Crippen LogP contribution in [0, 0.1) is 128 Å². The fourth-order valence-corrected chi connectivity index (χ4v) is 23.5. The maximum Gasteiger partial charge on any atom is 0.0324 e. The largest absolute Gasteiger partial charge is 0.0779 e. The van der Waals surface area contributed by atoms with Crippen molar-refractivity contribution in [3.63, 3.8) is 0 Å². The van der Waals surface area contributed by atoms with Gasteiger partial charge >= 0.3 is 0 Å². The van der Waals surface area contributed by atoms with Crippen LogP contribution in [0.3, 0.4) is 0 Å². The van der Waals surface area contributed by atoms with Crippen molar-refractivity contribution in [3.8, 4) is 0 Å². The molecule has 19 rings (SSSR count). The zero-order valence-corrected chi connectivity index (χ0v) is 19.3. The summed E-state index contributed by atoms with van der Waals surface area (Å²) >= 11 is 2.96. The molecule has 0 heterocycles. The average molecular weight is 510 g/mol. The Balaban J connectivity index is 0.823. The molecule has 0 amide bonds. The van der Waals surface area contributed by atoms with E-state index in [1.54, 1.807) is 5.56 Å². The molecule has 0 atom stereocenters. The molecule has 1 aromatic rings. The minimum absolute atomic E-state index is 0.743. The van der Waals surface area contributed by atoms with Gasteiger partial charge in [-0.1, -0.05) is 52.9 Å². The third-order valence-electron chi connectivity index (χ3n) is 19.5. The van der Waals surface area contributed by atoms with Crippen molar-refractivity contribution in [1.29, 1.82) is 0 Å². The summed E-state index contributed by atoms with van der Waals surface area (Å²) in [6, 6.07) is 11.9. The molecular formula is C30H23I. The van der Waals surface area contributed by atoms with E-state index < -0.39 is 0 Å². The second-order valence-electron chi connectivity index (χ2n) is 16.3.